The van der Waals surface area contributed by atoms with Crippen molar-refractivity contribution in [3.8, 4) is 5.75 Å². The lowest BCUT2D eigenvalue weighted by molar-refractivity contribution is 0.114. The Hall–Kier alpha value is -1.02. The molecule has 0 radical (unpaired) electrons. The third-order valence-electron chi connectivity index (χ3n) is 3.34. The van der Waals surface area contributed by atoms with Crippen molar-refractivity contribution >= 4 is 29.9 Å². The molecule has 1 aromatic carbocycles. The van der Waals surface area contributed by atoms with E-state index in [1.807, 2.05) is 18.2 Å². The van der Waals surface area contributed by atoms with Gasteiger partial charge in [0.2, 0.25) is 0 Å². The molecule has 1 aliphatic rings. The number of methoxy groups -OCH3 is 1. The Morgan fingerprint density at radius 1 is 1.43 bits per heavy atom. The van der Waals surface area contributed by atoms with Crippen LogP contribution in [0.1, 0.15) is 18.4 Å². The van der Waals surface area contributed by atoms with Crippen LogP contribution in [0.3, 0.4) is 0 Å². The second-order valence-corrected chi connectivity index (χ2v) is 4.79. The number of guanidine groups is 1. The van der Waals surface area contributed by atoms with Gasteiger partial charge in [-0.1, -0.05) is 12.1 Å². The standard InChI is InChI=1S/C15H23N3O2.HI/c1-16-15(18-11-14-7-4-8-20-14)17-10-12-5-3-6-13(9-12)19-2;/h3,5-6,9,14H,4,7-8,10-11H2,1-2H3,(H2,16,17,18);1H. The lowest BCUT2D eigenvalue weighted by Gasteiger charge is -2.15. The van der Waals surface area contributed by atoms with Gasteiger partial charge in [0.05, 0.1) is 13.2 Å². The monoisotopic (exact) mass is 405 g/mol. The third kappa shape index (κ3) is 6.09. The van der Waals surface area contributed by atoms with E-state index < -0.39 is 0 Å². The first-order valence-electron chi connectivity index (χ1n) is 7.01. The van der Waals surface area contributed by atoms with Gasteiger partial charge < -0.3 is 20.1 Å². The van der Waals surface area contributed by atoms with Crippen molar-refractivity contribution in [2.75, 3.05) is 27.3 Å². The topological polar surface area (TPSA) is 54.9 Å². The predicted molar refractivity (Wildman–Crippen MR) is 95.6 cm³/mol. The Morgan fingerprint density at radius 2 is 2.29 bits per heavy atom. The molecule has 6 heteroatoms. The van der Waals surface area contributed by atoms with E-state index >= 15 is 0 Å². The molecule has 0 amide bonds. The number of hydrogen-bond acceptors (Lipinski definition) is 3. The number of aliphatic imine (C=N–C) groups is 1. The van der Waals surface area contributed by atoms with Crippen LogP contribution in [0.2, 0.25) is 0 Å². The van der Waals surface area contributed by atoms with Crippen molar-refractivity contribution in [1.82, 2.24) is 10.6 Å². The van der Waals surface area contributed by atoms with E-state index in [0.717, 1.165) is 43.3 Å². The van der Waals surface area contributed by atoms with E-state index in [0.29, 0.717) is 12.6 Å². The van der Waals surface area contributed by atoms with Crippen molar-refractivity contribution in [3.63, 3.8) is 0 Å². The molecule has 1 saturated heterocycles. The summed E-state index contributed by atoms with van der Waals surface area (Å²) in [6.07, 6.45) is 2.59. The number of benzene rings is 1. The minimum Gasteiger partial charge on any atom is -0.497 e. The fourth-order valence-corrected chi connectivity index (χ4v) is 2.20. The van der Waals surface area contributed by atoms with Gasteiger partial charge >= 0.3 is 0 Å². The maximum atomic E-state index is 5.58. The van der Waals surface area contributed by atoms with Crippen LogP contribution in [0, 0.1) is 0 Å². The van der Waals surface area contributed by atoms with E-state index in [2.05, 4.69) is 21.7 Å². The predicted octanol–water partition coefficient (Wildman–Crippen LogP) is 2.16. The molecule has 118 valence electrons. The normalized spacial score (nSPS) is 18.0. The number of halogens is 1. The first kappa shape index (κ1) is 18.0. The van der Waals surface area contributed by atoms with Crippen LogP contribution in [0.5, 0.6) is 5.75 Å². The number of nitrogens with one attached hydrogen (secondary N) is 2. The summed E-state index contributed by atoms with van der Waals surface area (Å²) in [4.78, 5) is 4.21. The van der Waals surface area contributed by atoms with Crippen molar-refractivity contribution in [2.24, 2.45) is 4.99 Å². The minimum atomic E-state index is 0. The second-order valence-electron chi connectivity index (χ2n) is 4.79. The highest BCUT2D eigenvalue weighted by molar-refractivity contribution is 14.0. The first-order valence-corrected chi connectivity index (χ1v) is 7.01. The van der Waals surface area contributed by atoms with Gasteiger partial charge in [-0.25, -0.2) is 0 Å². The lowest BCUT2D eigenvalue weighted by atomic mass is 10.2. The molecule has 1 fully saturated rings. The average Bonchev–Trinajstić information content (AvgIpc) is 3.01. The molecule has 0 spiro atoms. The molecule has 1 aromatic rings. The van der Waals surface area contributed by atoms with Gasteiger partial charge in [-0.15, -0.1) is 24.0 Å². The van der Waals surface area contributed by atoms with Gasteiger partial charge in [0.1, 0.15) is 5.75 Å². The maximum Gasteiger partial charge on any atom is 0.191 e. The summed E-state index contributed by atoms with van der Waals surface area (Å²) in [7, 11) is 3.45. The smallest absolute Gasteiger partial charge is 0.191 e. The zero-order valence-corrected chi connectivity index (χ0v) is 14.9. The molecule has 5 nitrogen and oxygen atoms in total. The van der Waals surface area contributed by atoms with E-state index in [1.165, 1.54) is 0 Å². The molecule has 0 saturated carbocycles. The van der Waals surface area contributed by atoms with Crippen molar-refractivity contribution < 1.29 is 9.47 Å². The third-order valence-corrected chi connectivity index (χ3v) is 3.34. The van der Waals surface area contributed by atoms with Crippen LogP contribution in [0.4, 0.5) is 0 Å². The Balaban J connectivity index is 0.00000220. The first-order chi connectivity index (χ1) is 9.81. The van der Waals surface area contributed by atoms with Crippen LogP contribution >= 0.6 is 24.0 Å². The summed E-state index contributed by atoms with van der Waals surface area (Å²) in [5.74, 6) is 1.66. The van der Waals surface area contributed by atoms with Gasteiger partial charge in [0, 0.05) is 26.7 Å². The number of nitrogens with zero attached hydrogens (tertiary/aromatic N) is 1. The SMILES string of the molecule is CN=C(NCc1cccc(OC)c1)NCC1CCCO1.I. The van der Waals surface area contributed by atoms with E-state index in [-0.39, 0.29) is 24.0 Å². The highest BCUT2D eigenvalue weighted by Crippen LogP contribution is 2.12. The molecule has 1 aliphatic heterocycles. The molecule has 2 N–H and O–H groups in total. The van der Waals surface area contributed by atoms with Crippen LogP contribution in [0.15, 0.2) is 29.3 Å². The van der Waals surface area contributed by atoms with Gasteiger partial charge in [0.25, 0.3) is 0 Å². The summed E-state index contributed by atoms with van der Waals surface area (Å²) >= 11 is 0. The second kappa shape index (κ2) is 9.83. The fraction of sp³-hybridized carbons (Fsp3) is 0.533. The maximum absolute atomic E-state index is 5.58. The fourth-order valence-electron chi connectivity index (χ4n) is 2.20. The number of rotatable bonds is 5. The van der Waals surface area contributed by atoms with E-state index in [9.17, 15) is 0 Å². The summed E-state index contributed by atoms with van der Waals surface area (Å²) in [6, 6.07) is 8.00. The molecule has 0 bridgehead atoms. The lowest BCUT2D eigenvalue weighted by Crippen LogP contribution is -2.40. The summed E-state index contributed by atoms with van der Waals surface area (Å²) < 4.78 is 10.8. The Morgan fingerprint density at radius 3 is 2.95 bits per heavy atom. The van der Waals surface area contributed by atoms with E-state index in [4.69, 9.17) is 9.47 Å². The van der Waals surface area contributed by atoms with Gasteiger partial charge in [-0.2, -0.15) is 0 Å². The molecule has 1 atom stereocenters. The van der Waals surface area contributed by atoms with Gasteiger partial charge in [-0.05, 0) is 30.5 Å². The zero-order valence-electron chi connectivity index (χ0n) is 12.6. The highest BCUT2D eigenvalue weighted by Gasteiger charge is 2.15. The summed E-state index contributed by atoms with van der Waals surface area (Å²) in [5, 5.41) is 6.58. The Kier molecular flexibility index (Phi) is 8.44. The Labute approximate surface area is 143 Å². The molecule has 2 rings (SSSR count). The molecular formula is C15H24IN3O2. The molecule has 21 heavy (non-hydrogen) atoms. The van der Waals surface area contributed by atoms with Crippen LogP contribution in [0.25, 0.3) is 0 Å². The molecule has 1 unspecified atom stereocenters. The van der Waals surface area contributed by atoms with E-state index in [1.54, 1.807) is 14.2 Å². The summed E-state index contributed by atoms with van der Waals surface area (Å²) in [6.45, 7) is 2.39. The molecule has 0 aliphatic carbocycles. The van der Waals surface area contributed by atoms with Gasteiger partial charge in [0.15, 0.2) is 5.96 Å². The largest absolute Gasteiger partial charge is 0.497 e. The minimum absolute atomic E-state index is 0. The average molecular weight is 405 g/mol. The number of hydrogen-bond donors (Lipinski definition) is 2. The van der Waals surface area contributed by atoms with Crippen molar-refractivity contribution in [2.45, 2.75) is 25.5 Å². The quantitative estimate of drug-likeness (QED) is 0.448. The highest BCUT2D eigenvalue weighted by atomic mass is 127. The Bertz CT molecular complexity index is 448. The summed E-state index contributed by atoms with van der Waals surface area (Å²) in [5.41, 5.74) is 1.16. The van der Waals surface area contributed by atoms with Crippen LogP contribution < -0.4 is 15.4 Å². The van der Waals surface area contributed by atoms with Gasteiger partial charge in [-0.3, -0.25) is 4.99 Å². The van der Waals surface area contributed by atoms with Crippen molar-refractivity contribution in [1.29, 1.82) is 0 Å². The van der Waals surface area contributed by atoms with Crippen molar-refractivity contribution in [3.05, 3.63) is 29.8 Å². The molecule has 0 aromatic heterocycles. The van der Waals surface area contributed by atoms with Crippen LogP contribution in [-0.4, -0.2) is 39.4 Å². The molecular weight excluding hydrogens is 381 g/mol. The molecule has 1 heterocycles. The zero-order chi connectivity index (χ0) is 14.2. The number of ether oxygens (including phenoxy) is 2. The van der Waals surface area contributed by atoms with Crippen LogP contribution in [-0.2, 0) is 11.3 Å².